The van der Waals surface area contributed by atoms with E-state index < -0.39 is 17.3 Å². The van der Waals surface area contributed by atoms with Gasteiger partial charge in [-0.05, 0) is 12.8 Å². The highest BCUT2D eigenvalue weighted by atomic mass is 16.4. The van der Waals surface area contributed by atoms with Crippen LogP contribution in [-0.2, 0) is 9.59 Å². The van der Waals surface area contributed by atoms with E-state index in [-0.39, 0.29) is 0 Å². The van der Waals surface area contributed by atoms with E-state index in [2.05, 4.69) is 5.43 Å². The van der Waals surface area contributed by atoms with E-state index >= 15 is 0 Å². The number of hydrogen-bond acceptors (Lipinski definition) is 3. The van der Waals surface area contributed by atoms with Crippen LogP contribution in [0.2, 0.25) is 0 Å². The van der Waals surface area contributed by atoms with Crippen LogP contribution in [0.1, 0.15) is 12.8 Å². The van der Waals surface area contributed by atoms with Gasteiger partial charge in [0.1, 0.15) is 5.41 Å². The molecule has 0 aromatic heterocycles. The normalized spacial score (nSPS) is 18.9. The zero-order chi connectivity index (χ0) is 9.35. The average molecular weight is 172 g/mol. The fourth-order valence-electron chi connectivity index (χ4n) is 0.973. The van der Waals surface area contributed by atoms with Crippen LogP contribution in [0.15, 0.2) is 0 Å². The second-order valence-electron chi connectivity index (χ2n) is 3.22. The van der Waals surface area contributed by atoms with Gasteiger partial charge in [-0.3, -0.25) is 15.0 Å². The number of nitrogens with zero attached hydrogens (tertiary/aromatic N) is 1. The molecule has 0 aromatic rings. The molecule has 0 spiro atoms. The molecule has 2 N–H and O–H groups in total. The molecular weight excluding hydrogens is 160 g/mol. The van der Waals surface area contributed by atoms with Crippen molar-refractivity contribution in [2.75, 3.05) is 14.1 Å². The Labute approximate surface area is 70.3 Å². The summed E-state index contributed by atoms with van der Waals surface area (Å²) in [5, 5.41) is 10.2. The largest absolute Gasteiger partial charge is 0.480 e. The summed E-state index contributed by atoms with van der Waals surface area (Å²) in [5.74, 6) is -1.44. The van der Waals surface area contributed by atoms with Gasteiger partial charge in [0, 0.05) is 14.1 Å². The second-order valence-corrected chi connectivity index (χ2v) is 3.22. The molecule has 0 radical (unpaired) electrons. The molecular formula is C7H12N2O3. The first-order valence-electron chi connectivity index (χ1n) is 3.71. The van der Waals surface area contributed by atoms with Crippen molar-refractivity contribution < 1.29 is 14.7 Å². The van der Waals surface area contributed by atoms with Crippen molar-refractivity contribution in [3.05, 3.63) is 0 Å². The van der Waals surface area contributed by atoms with Crippen LogP contribution in [0.25, 0.3) is 0 Å². The van der Waals surface area contributed by atoms with Gasteiger partial charge in [-0.25, -0.2) is 5.01 Å². The fourth-order valence-corrected chi connectivity index (χ4v) is 0.973. The standard InChI is InChI=1S/C7H12N2O3/c1-9(2)8-5(10)7(3-4-7)6(11)12/h3-4H2,1-2H3,(H,8,10)(H,11,12). The monoisotopic (exact) mass is 172 g/mol. The van der Waals surface area contributed by atoms with Gasteiger partial charge >= 0.3 is 5.97 Å². The second kappa shape index (κ2) is 2.75. The van der Waals surface area contributed by atoms with Crippen molar-refractivity contribution >= 4 is 11.9 Å². The van der Waals surface area contributed by atoms with Gasteiger partial charge < -0.3 is 5.11 Å². The Bertz CT molecular complexity index is 221. The molecule has 1 aliphatic carbocycles. The third-order valence-corrected chi connectivity index (χ3v) is 1.92. The zero-order valence-electron chi connectivity index (χ0n) is 7.13. The number of carboxylic acid groups (broad SMARTS) is 1. The molecule has 68 valence electrons. The Balaban J connectivity index is 2.58. The lowest BCUT2D eigenvalue weighted by Gasteiger charge is -2.15. The highest BCUT2D eigenvalue weighted by Gasteiger charge is 2.57. The Morgan fingerprint density at radius 2 is 1.92 bits per heavy atom. The number of carbonyl (C=O) groups is 2. The first kappa shape index (κ1) is 8.99. The molecule has 0 bridgehead atoms. The summed E-state index contributed by atoms with van der Waals surface area (Å²) < 4.78 is 0. The van der Waals surface area contributed by atoms with Crippen molar-refractivity contribution in [3.8, 4) is 0 Å². The molecule has 1 saturated carbocycles. The van der Waals surface area contributed by atoms with Gasteiger partial charge in [-0.2, -0.15) is 0 Å². The van der Waals surface area contributed by atoms with Crippen molar-refractivity contribution in [3.63, 3.8) is 0 Å². The Kier molecular flexibility index (Phi) is 2.06. The number of aliphatic carboxylic acids is 1. The van der Waals surface area contributed by atoms with Crippen molar-refractivity contribution in [2.45, 2.75) is 12.8 Å². The molecule has 0 unspecified atom stereocenters. The van der Waals surface area contributed by atoms with Gasteiger partial charge in [0.2, 0.25) is 0 Å². The van der Waals surface area contributed by atoms with E-state index in [0.717, 1.165) is 0 Å². The molecule has 5 heteroatoms. The van der Waals surface area contributed by atoms with Crippen LogP contribution < -0.4 is 5.43 Å². The Morgan fingerprint density at radius 1 is 1.42 bits per heavy atom. The van der Waals surface area contributed by atoms with E-state index in [4.69, 9.17) is 5.11 Å². The average Bonchev–Trinajstić information content (AvgIpc) is 2.63. The minimum absolute atomic E-state index is 0.417. The molecule has 0 aromatic carbocycles. The summed E-state index contributed by atoms with van der Waals surface area (Å²) in [6.45, 7) is 0. The van der Waals surface area contributed by atoms with Crippen molar-refractivity contribution in [1.29, 1.82) is 0 Å². The predicted molar refractivity (Wildman–Crippen MR) is 41.1 cm³/mol. The van der Waals surface area contributed by atoms with Crippen LogP contribution in [0.5, 0.6) is 0 Å². The summed E-state index contributed by atoms with van der Waals surface area (Å²) >= 11 is 0. The van der Waals surface area contributed by atoms with Crippen molar-refractivity contribution in [2.24, 2.45) is 5.41 Å². The molecule has 0 heterocycles. The van der Waals surface area contributed by atoms with E-state index in [9.17, 15) is 9.59 Å². The third-order valence-electron chi connectivity index (χ3n) is 1.92. The number of hydrogen-bond donors (Lipinski definition) is 2. The lowest BCUT2D eigenvalue weighted by molar-refractivity contribution is -0.150. The van der Waals surface area contributed by atoms with Crippen LogP contribution in [0.4, 0.5) is 0 Å². The Morgan fingerprint density at radius 3 is 2.17 bits per heavy atom. The number of carbonyl (C=O) groups excluding carboxylic acids is 1. The topological polar surface area (TPSA) is 69.6 Å². The molecule has 1 aliphatic rings. The number of carboxylic acids is 1. The molecule has 0 aliphatic heterocycles. The first-order chi connectivity index (χ1) is 5.49. The number of amides is 1. The lowest BCUT2D eigenvalue weighted by atomic mass is 10.1. The van der Waals surface area contributed by atoms with E-state index in [1.54, 1.807) is 14.1 Å². The van der Waals surface area contributed by atoms with Crippen LogP contribution in [-0.4, -0.2) is 36.1 Å². The third kappa shape index (κ3) is 1.40. The van der Waals surface area contributed by atoms with Gasteiger partial charge in [0.15, 0.2) is 0 Å². The van der Waals surface area contributed by atoms with E-state index in [1.165, 1.54) is 5.01 Å². The maximum absolute atomic E-state index is 11.2. The summed E-state index contributed by atoms with van der Waals surface area (Å²) in [6, 6.07) is 0. The summed E-state index contributed by atoms with van der Waals surface area (Å²) in [5.41, 5.74) is 1.31. The molecule has 0 atom stereocenters. The minimum atomic E-state index is -1.13. The van der Waals surface area contributed by atoms with Gasteiger partial charge in [0.25, 0.3) is 5.91 Å². The SMILES string of the molecule is CN(C)NC(=O)C1(C(=O)O)CC1. The molecule has 5 nitrogen and oxygen atoms in total. The highest BCUT2D eigenvalue weighted by molar-refractivity contribution is 6.04. The molecule has 1 amide bonds. The van der Waals surface area contributed by atoms with Crippen LogP contribution in [0.3, 0.4) is 0 Å². The molecule has 12 heavy (non-hydrogen) atoms. The van der Waals surface area contributed by atoms with Crippen molar-refractivity contribution in [1.82, 2.24) is 10.4 Å². The molecule has 1 fully saturated rings. The number of hydrazine groups is 1. The van der Waals surface area contributed by atoms with Crippen LogP contribution in [0, 0.1) is 5.41 Å². The fraction of sp³-hybridized carbons (Fsp3) is 0.714. The van der Waals surface area contributed by atoms with Gasteiger partial charge in [-0.15, -0.1) is 0 Å². The predicted octanol–water partition coefficient (Wildman–Crippen LogP) is -0.556. The maximum atomic E-state index is 11.2. The number of rotatable bonds is 3. The summed E-state index contributed by atoms with van der Waals surface area (Å²) in [6.07, 6.45) is 0.893. The zero-order valence-corrected chi connectivity index (χ0v) is 7.13. The Hall–Kier alpha value is -1.10. The quantitative estimate of drug-likeness (QED) is 0.442. The van der Waals surface area contributed by atoms with E-state index in [0.29, 0.717) is 12.8 Å². The van der Waals surface area contributed by atoms with Crippen LogP contribution >= 0.6 is 0 Å². The molecule has 1 rings (SSSR count). The maximum Gasteiger partial charge on any atom is 0.319 e. The van der Waals surface area contributed by atoms with Gasteiger partial charge in [0.05, 0.1) is 0 Å². The lowest BCUT2D eigenvalue weighted by Crippen LogP contribution is -2.43. The highest BCUT2D eigenvalue weighted by Crippen LogP contribution is 2.45. The summed E-state index contributed by atoms with van der Waals surface area (Å²) in [7, 11) is 3.30. The van der Waals surface area contributed by atoms with E-state index in [1.807, 2.05) is 0 Å². The first-order valence-corrected chi connectivity index (χ1v) is 3.71. The molecule has 0 saturated heterocycles. The smallest absolute Gasteiger partial charge is 0.319 e. The van der Waals surface area contributed by atoms with Gasteiger partial charge in [-0.1, -0.05) is 0 Å². The summed E-state index contributed by atoms with van der Waals surface area (Å²) in [4.78, 5) is 21.9. The minimum Gasteiger partial charge on any atom is -0.480 e. The number of nitrogens with one attached hydrogen (secondary N) is 1.